The number of hydrogen-bond acceptors (Lipinski definition) is 13. The molecule has 71 heavy (non-hydrogen) atoms. The summed E-state index contributed by atoms with van der Waals surface area (Å²) >= 11 is 0. The van der Waals surface area contributed by atoms with Gasteiger partial charge in [0.05, 0.1) is 10.9 Å². The minimum atomic E-state index is -0.780. The van der Waals surface area contributed by atoms with E-state index in [0.717, 1.165) is 116 Å². The number of piperazine rings is 2. The number of phenols is 1. The number of aryl methyl sites for hydroxylation is 1. The predicted octanol–water partition coefficient (Wildman–Crippen LogP) is 5.53. The van der Waals surface area contributed by atoms with Crippen LogP contribution < -0.4 is 25.8 Å². The maximum absolute atomic E-state index is 17.2. The van der Waals surface area contributed by atoms with Crippen LogP contribution in [-0.2, 0) is 16.0 Å². The van der Waals surface area contributed by atoms with Crippen molar-refractivity contribution in [1.29, 1.82) is 5.41 Å². The summed E-state index contributed by atoms with van der Waals surface area (Å²) in [5, 5.41) is 28.7. The average molecular weight is 964 g/mol. The van der Waals surface area contributed by atoms with Gasteiger partial charge in [-0.05, 0) is 104 Å². The standard InChI is InChI=1S/C54H59F2N11O4/c1-2-39-43(55)8-3-33-24-38(68)25-41(47(33)39)49-48(56)50-42(27-58-49)51(67-29-35-4-5-36(30-67)59-35)62-45(61-50)11-14-54(15-16-54)31-65-21-19-64(20-22-65)28-32-12-17-66(18-13-32)37-6-7-40(34(23-37)26-57)52(70)60-44-9-10-46(69)63-53(44)71/h1,3,6-8,23-27,32,35-36,44,57,59,68H,4-5,9-22,28-31H2,(H,60,70)(H,63,69,71). The molecule has 3 amide bonds. The van der Waals surface area contributed by atoms with Crippen molar-refractivity contribution < 1.29 is 28.3 Å². The number of phenolic OH excluding ortho intramolecular Hbond substituents is 1. The molecule has 1 aliphatic carbocycles. The van der Waals surface area contributed by atoms with Gasteiger partial charge in [-0.3, -0.25) is 24.7 Å². The molecular weight excluding hydrogens is 905 g/mol. The number of piperidine rings is 2. The smallest absolute Gasteiger partial charge is 0.252 e. The summed E-state index contributed by atoms with van der Waals surface area (Å²) < 4.78 is 32.2. The molecule has 2 bridgehead atoms. The Morgan fingerprint density at radius 1 is 0.944 bits per heavy atom. The molecule has 17 heteroatoms. The van der Waals surface area contributed by atoms with Gasteiger partial charge in [-0.15, -0.1) is 6.42 Å². The summed E-state index contributed by atoms with van der Waals surface area (Å²) in [6.07, 6.45) is 17.0. The van der Waals surface area contributed by atoms with Crippen molar-refractivity contribution in [3.05, 3.63) is 82.8 Å². The average Bonchev–Trinajstić information content (AvgIpc) is 4.06. The van der Waals surface area contributed by atoms with Gasteiger partial charge in [0, 0.05) is 131 Å². The molecule has 368 valence electrons. The molecule has 6 fully saturated rings. The van der Waals surface area contributed by atoms with Crippen molar-refractivity contribution in [3.63, 3.8) is 0 Å². The Hall–Kier alpha value is -6.61. The number of terminal acetylenes is 1. The number of carbonyl (C=O) groups is 3. The molecule has 5 aromatic rings. The monoisotopic (exact) mass is 963 g/mol. The molecule has 1 saturated carbocycles. The van der Waals surface area contributed by atoms with Crippen LogP contribution in [0.3, 0.4) is 0 Å². The van der Waals surface area contributed by atoms with Crippen LogP contribution in [0.1, 0.15) is 85.1 Å². The first-order valence-corrected chi connectivity index (χ1v) is 25.2. The fraction of sp³-hybridized carbons (Fsp3) is 0.463. The highest BCUT2D eigenvalue weighted by Gasteiger charge is 2.44. The maximum atomic E-state index is 17.2. The van der Waals surface area contributed by atoms with E-state index in [2.05, 4.69) is 46.5 Å². The number of rotatable bonds is 13. The third-order valence-electron chi connectivity index (χ3n) is 16.0. The first kappa shape index (κ1) is 46.8. The number of anilines is 2. The first-order valence-electron chi connectivity index (χ1n) is 25.2. The molecule has 5 aliphatic heterocycles. The van der Waals surface area contributed by atoms with Crippen LogP contribution in [0.2, 0.25) is 0 Å². The number of carbonyl (C=O) groups excluding carboxylic acids is 3. The van der Waals surface area contributed by atoms with Gasteiger partial charge >= 0.3 is 0 Å². The highest BCUT2D eigenvalue weighted by molar-refractivity contribution is 6.07. The van der Waals surface area contributed by atoms with Crippen LogP contribution >= 0.6 is 0 Å². The fourth-order valence-corrected chi connectivity index (χ4v) is 11.9. The third kappa shape index (κ3) is 9.52. The lowest BCUT2D eigenvalue weighted by Crippen LogP contribution is -2.52. The van der Waals surface area contributed by atoms with E-state index in [0.29, 0.717) is 63.4 Å². The van der Waals surface area contributed by atoms with Crippen molar-refractivity contribution in [1.82, 2.24) is 40.7 Å². The Bertz CT molecular complexity index is 2980. The second-order valence-electron chi connectivity index (χ2n) is 20.7. The van der Waals surface area contributed by atoms with E-state index < -0.39 is 29.5 Å². The van der Waals surface area contributed by atoms with Crippen molar-refractivity contribution >= 4 is 57.1 Å². The normalized spacial score (nSPS) is 22.7. The Labute approximate surface area is 411 Å². The molecular formula is C54H59F2N11O4. The number of pyridine rings is 1. The number of hydrogen-bond donors (Lipinski definition) is 5. The molecule has 6 aliphatic rings. The van der Waals surface area contributed by atoms with Crippen LogP contribution in [0.25, 0.3) is 32.9 Å². The summed E-state index contributed by atoms with van der Waals surface area (Å²) in [5.74, 6) is 1.62. The van der Waals surface area contributed by atoms with Gasteiger partial charge in [0.15, 0.2) is 5.82 Å². The number of aromatic nitrogens is 3. The van der Waals surface area contributed by atoms with Gasteiger partial charge in [0.2, 0.25) is 11.8 Å². The van der Waals surface area contributed by atoms with Crippen molar-refractivity contribution in [2.24, 2.45) is 11.3 Å². The van der Waals surface area contributed by atoms with Crippen molar-refractivity contribution in [3.8, 4) is 29.4 Å². The van der Waals surface area contributed by atoms with Gasteiger partial charge in [-0.25, -0.2) is 18.7 Å². The van der Waals surface area contributed by atoms with Crippen molar-refractivity contribution in [2.75, 3.05) is 75.2 Å². The number of fused-ring (bicyclic) bond motifs is 4. The molecule has 5 N–H and O–H groups in total. The van der Waals surface area contributed by atoms with Gasteiger partial charge in [-0.1, -0.05) is 12.0 Å². The largest absolute Gasteiger partial charge is 0.508 e. The number of imide groups is 1. The second kappa shape index (κ2) is 19.2. The van der Waals surface area contributed by atoms with Gasteiger partial charge in [0.25, 0.3) is 5.91 Å². The molecule has 0 radical (unpaired) electrons. The van der Waals surface area contributed by atoms with Gasteiger partial charge in [0.1, 0.15) is 40.5 Å². The summed E-state index contributed by atoms with van der Waals surface area (Å²) in [6.45, 7) is 9.41. The lowest BCUT2D eigenvalue weighted by atomic mass is 9.94. The van der Waals surface area contributed by atoms with Crippen LogP contribution in [-0.4, -0.2) is 137 Å². The quantitative estimate of drug-likeness (QED) is 0.0567. The highest BCUT2D eigenvalue weighted by atomic mass is 19.1. The number of amides is 3. The summed E-state index contributed by atoms with van der Waals surface area (Å²) in [4.78, 5) is 61.3. The van der Waals surface area contributed by atoms with Crippen LogP contribution in [0.4, 0.5) is 20.3 Å². The van der Waals surface area contributed by atoms with Gasteiger partial charge in [-0.2, -0.15) is 0 Å². The lowest BCUT2D eigenvalue weighted by Gasteiger charge is -2.40. The molecule has 3 atom stereocenters. The van der Waals surface area contributed by atoms with Crippen LogP contribution in [0.15, 0.2) is 48.7 Å². The van der Waals surface area contributed by atoms with Gasteiger partial charge < -0.3 is 40.7 Å². The molecule has 7 heterocycles. The molecule has 3 unspecified atom stereocenters. The summed E-state index contributed by atoms with van der Waals surface area (Å²) in [6, 6.07) is 11.0. The summed E-state index contributed by atoms with van der Waals surface area (Å²) in [5.41, 5.74) is 2.22. The molecule has 3 aromatic carbocycles. The van der Waals surface area contributed by atoms with E-state index in [1.807, 2.05) is 12.1 Å². The molecule has 2 aromatic heterocycles. The van der Waals surface area contributed by atoms with E-state index in [-0.39, 0.29) is 52.3 Å². The third-order valence-corrected chi connectivity index (χ3v) is 16.0. The minimum absolute atomic E-state index is 0.0193. The van der Waals surface area contributed by atoms with E-state index in [1.54, 1.807) is 12.3 Å². The zero-order chi connectivity index (χ0) is 49.0. The first-order chi connectivity index (χ1) is 34.4. The van der Waals surface area contributed by atoms with Crippen molar-refractivity contribution in [2.45, 2.75) is 82.3 Å². The predicted molar refractivity (Wildman–Crippen MR) is 268 cm³/mol. The summed E-state index contributed by atoms with van der Waals surface area (Å²) in [7, 11) is 0. The van der Waals surface area contributed by atoms with Crippen LogP contribution in [0, 0.1) is 40.7 Å². The topological polar surface area (TPSA) is 183 Å². The zero-order valence-electron chi connectivity index (χ0n) is 39.8. The highest BCUT2D eigenvalue weighted by Crippen LogP contribution is 2.50. The van der Waals surface area contributed by atoms with E-state index in [1.165, 1.54) is 30.5 Å². The number of benzene rings is 3. The number of nitrogens with one attached hydrogen (secondary N) is 4. The SMILES string of the molecule is C#Cc1c(F)ccc2cc(O)cc(-c3ncc4c(N5CC6CCC(C5)N6)nc(CCC5(CN6CCN(CC7CCN(c8ccc(C(=O)NC9CCC(=O)NC9=O)c(C=N)c8)CC7)CC6)CC5)nc4c3F)c12. The van der Waals surface area contributed by atoms with E-state index in [4.69, 9.17) is 21.8 Å². The van der Waals surface area contributed by atoms with E-state index >= 15 is 8.78 Å². The lowest BCUT2D eigenvalue weighted by molar-refractivity contribution is -0.134. The molecule has 11 rings (SSSR count). The Balaban J connectivity index is 0.719. The van der Waals surface area contributed by atoms with E-state index in [9.17, 15) is 19.5 Å². The number of halogens is 2. The maximum Gasteiger partial charge on any atom is 0.252 e. The molecule has 15 nitrogen and oxygen atoms in total. The Morgan fingerprint density at radius 2 is 1.70 bits per heavy atom. The number of aromatic hydroxyl groups is 1. The fourth-order valence-electron chi connectivity index (χ4n) is 11.9. The Morgan fingerprint density at radius 3 is 2.42 bits per heavy atom. The molecule has 0 spiro atoms. The Kier molecular flexibility index (Phi) is 12.6. The zero-order valence-corrected chi connectivity index (χ0v) is 39.8. The van der Waals surface area contributed by atoms with Crippen LogP contribution in [0.5, 0.6) is 5.75 Å². The number of nitrogens with zero attached hydrogens (tertiary/aromatic N) is 7. The second-order valence-corrected chi connectivity index (χ2v) is 20.7. The minimum Gasteiger partial charge on any atom is -0.508 e. The molecule has 5 saturated heterocycles.